The second-order valence-corrected chi connectivity index (χ2v) is 8.26. The van der Waals surface area contributed by atoms with Crippen molar-refractivity contribution in [3.8, 4) is 0 Å². The predicted octanol–water partition coefficient (Wildman–Crippen LogP) is 7.14. The van der Waals surface area contributed by atoms with Gasteiger partial charge in [0.2, 0.25) is 0 Å². The molecule has 150 valence electrons. The predicted molar refractivity (Wildman–Crippen MR) is 120 cm³/mol. The van der Waals surface area contributed by atoms with Gasteiger partial charge in [-0.1, -0.05) is 53.4 Å². The molecule has 0 saturated heterocycles. The molecule has 2 nitrogen and oxygen atoms in total. The van der Waals surface area contributed by atoms with Gasteiger partial charge in [-0.3, -0.25) is 0 Å². The monoisotopic (exact) mass is 360 g/mol. The van der Waals surface area contributed by atoms with Crippen LogP contribution >= 0.6 is 0 Å². The molecule has 1 rings (SSSR count). The Morgan fingerprint density at radius 2 is 0.808 bits per heavy atom. The number of anilines is 2. The van der Waals surface area contributed by atoms with Crippen LogP contribution in [0.15, 0.2) is 0 Å². The van der Waals surface area contributed by atoms with Gasteiger partial charge >= 0.3 is 0 Å². The van der Waals surface area contributed by atoms with Crippen LogP contribution in [0.25, 0.3) is 0 Å². The van der Waals surface area contributed by atoms with Crippen molar-refractivity contribution in [1.82, 2.24) is 0 Å². The van der Waals surface area contributed by atoms with Crippen molar-refractivity contribution in [1.29, 1.82) is 0 Å². The average molecular weight is 361 g/mol. The van der Waals surface area contributed by atoms with E-state index in [2.05, 4.69) is 66.0 Å². The zero-order chi connectivity index (χ0) is 19.7. The summed E-state index contributed by atoms with van der Waals surface area (Å²) in [5, 5.41) is 7.71. The first-order valence-electron chi connectivity index (χ1n) is 11.1. The van der Waals surface area contributed by atoms with Gasteiger partial charge in [-0.25, -0.2) is 0 Å². The molecule has 26 heavy (non-hydrogen) atoms. The molecule has 2 heteroatoms. The highest BCUT2D eigenvalue weighted by Crippen LogP contribution is 2.40. The van der Waals surface area contributed by atoms with Crippen molar-refractivity contribution >= 4 is 11.4 Å². The van der Waals surface area contributed by atoms with E-state index in [0.717, 1.165) is 6.42 Å². The fourth-order valence-corrected chi connectivity index (χ4v) is 4.00. The van der Waals surface area contributed by atoms with Crippen LogP contribution in [0.3, 0.4) is 0 Å². The van der Waals surface area contributed by atoms with Crippen LogP contribution in [0.4, 0.5) is 11.4 Å². The summed E-state index contributed by atoms with van der Waals surface area (Å²) in [4.78, 5) is 0. The molecular weight excluding hydrogens is 316 g/mol. The van der Waals surface area contributed by atoms with Crippen LogP contribution in [0.5, 0.6) is 0 Å². The molecule has 1 aromatic rings. The second kappa shape index (κ2) is 11.5. The summed E-state index contributed by atoms with van der Waals surface area (Å²) in [7, 11) is 0. The third kappa shape index (κ3) is 5.93. The maximum atomic E-state index is 3.85. The van der Waals surface area contributed by atoms with Crippen molar-refractivity contribution < 1.29 is 0 Å². The third-order valence-corrected chi connectivity index (χ3v) is 4.80. The molecule has 2 N–H and O–H groups in total. The molecule has 0 aromatic heterocycles. The zero-order valence-corrected chi connectivity index (χ0v) is 18.8. The lowest BCUT2D eigenvalue weighted by atomic mass is 9.85. The van der Waals surface area contributed by atoms with E-state index in [1.807, 2.05) is 0 Å². The summed E-state index contributed by atoms with van der Waals surface area (Å²) in [5.41, 5.74) is 9.24. The summed E-state index contributed by atoms with van der Waals surface area (Å²) >= 11 is 0. The minimum Gasteiger partial charge on any atom is -0.382 e. The van der Waals surface area contributed by atoms with E-state index in [9.17, 15) is 0 Å². The minimum absolute atomic E-state index is 0.458. The highest BCUT2D eigenvalue weighted by atomic mass is 14.9. The van der Waals surface area contributed by atoms with Crippen molar-refractivity contribution in [3.63, 3.8) is 0 Å². The van der Waals surface area contributed by atoms with E-state index in [1.54, 1.807) is 16.7 Å². The first kappa shape index (κ1) is 22.9. The summed E-state index contributed by atoms with van der Waals surface area (Å²) < 4.78 is 0. The van der Waals surface area contributed by atoms with Crippen LogP contribution in [-0.4, -0.2) is 12.1 Å². The molecule has 0 unspecified atom stereocenters. The molecule has 0 aliphatic rings. The first-order chi connectivity index (χ1) is 12.4. The molecule has 0 fully saturated rings. The molecule has 0 aliphatic carbocycles. The van der Waals surface area contributed by atoms with Crippen molar-refractivity contribution in [2.24, 2.45) is 0 Å². The molecular formula is C24H44N2. The number of hydrogen-bond acceptors (Lipinski definition) is 2. The molecule has 0 saturated carbocycles. The normalized spacial score (nSPS) is 11.5. The van der Waals surface area contributed by atoms with E-state index < -0.39 is 0 Å². The molecule has 0 heterocycles. The number of benzene rings is 1. The Balaban J connectivity index is 3.83. The highest BCUT2D eigenvalue weighted by molar-refractivity contribution is 5.76. The third-order valence-electron chi connectivity index (χ3n) is 4.80. The van der Waals surface area contributed by atoms with Gasteiger partial charge < -0.3 is 10.6 Å². The summed E-state index contributed by atoms with van der Waals surface area (Å²) in [6.45, 7) is 18.3. The van der Waals surface area contributed by atoms with E-state index in [-0.39, 0.29) is 0 Å². The number of nitrogens with one attached hydrogen (secondary N) is 2. The molecule has 0 spiro atoms. The van der Waals surface area contributed by atoms with Crippen LogP contribution in [0.2, 0.25) is 0 Å². The van der Waals surface area contributed by atoms with Gasteiger partial charge in [0.25, 0.3) is 0 Å². The lowest BCUT2D eigenvalue weighted by Gasteiger charge is -2.30. The highest BCUT2D eigenvalue weighted by Gasteiger charge is 2.23. The van der Waals surface area contributed by atoms with Crippen LogP contribution < -0.4 is 10.6 Å². The number of rotatable bonds is 12. The molecule has 1 aromatic carbocycles. The molecule has 0 amide bonds. The maximum Gasteiger partial charge on any atom is 0.0431 e. The SMILES string of the molecule is CCCc1c(CCC)c(NC(C)C)c(CCC)c(NC(C)C)c1CCC. The van der Waals surface area contributed by atoms with Gasteiger partial charge in [0.1, 0.15) is 0 Å². The molecule has 0 bridgehead atoms. The smallest absolute Gasteiger partial charge is 0.0431 e. The van der Waals surface area contributed by atoms with Gasteiger partial charge in [-0.2, -0.15) is 0 Å². The van der Waals surface area contributed by atoms with Gasteiger partial charge in [0.05, 0.1) is 0 Å². The molecule has 0 radical (unpaired) electrons. The topological polar surface area (TPSA) is 24.1 Å². The fourth-order valence-electron chi connectivity index (χ4n) is 4.00. The average Bonchev–Trinajstić information content (AvgIpc) is 2.56. The summed E-state index contributed by atoms with van der Waals surface area (Å²) in [6.07, 6.45) is 9.50. The Kier molecular flexibility index (Phi) is 10.1. The van der Waals surface area contributed by atoms with E-state index in [1.165, 1.54) is 61.9 Å². The Morgan fingerprint density at radius 3 is 1.12 bits per heavy atom. The Labute approximate surface area is 163 Å². The van der Waals surface area contributed by atoms with Crippen LogP contribution in [0, 0.1) is 0 Å². The first-order valence-corrected chi connectivity index (χ1v) is 11.1. The minimum atomic E-state index is 0.458. The quantitative estimate of drug-likeness (QED) is 0.414. The van der Waals surface area contributed by atoms with Crippen molar-refractivity contribution in [2.75, 3.05) is 10.6 Å². The molecule has 0 aliphatic heterocycles. The van der Waals surface area contributed by atoms with Gasteiger partial charge in [0.15, 0.2) is 0 Å². The maximum absolute atomic E-state index is 3.85. The Bertz CT molecular complexity index is 503. The lowest BCUT2D eigenvalue weighted by Crippen LogP contribution is -2.21. The zero-order valence-electron chi connectivity index (χ0n) is 18.8. The lowest BCUT2D eigenvalue weighted by molar-refractivity contribution is 0.798. The van der Waals surface area contributed by atoms with Gasteiger partial charge in [-0.15, -0.1) is 0 Å². The number of hydrogen-bond donors (Lipinski definition) is 2. The summed E-state index contributed by atoms with van der Waals surface area (Å²) in [6, 6.07) is 0.916. The van der Waals surface area contributed by atoms with Crippen molar-refractivity contribution in [2.45, 2.75) is 119 Å². The largest absolute Gasteiger partial charge is 0.382 e. The summed E-state index contributed by atoms with van der Waals surface area (Å²) in [5.74, 6) is 0. The molecule has 0 atom stereocenters. The van der Waals surface area contributed by atoms with Crippen LogP contribution in [-0.2, 0) is 25.7 Å². The standard InChI is InChI=1S/C24H44N2/c1-9-13-19-20(14-10-2)23(25-17(5)6)22(16-12-4)24(26-18(7)8)21(19)15-11-3/h17-18,25-26H,9-16H2,1-8H3. The second-order valence-electron chi connectivity index (χ2n) is 8.26. The van der Waals surface area contributed by atoms with E-state index >= 15 is 0 Å². The van der Waals surface area contributed by atoms with Crippen molar-refractivity contribution in [3.05, 3.63) is 22.3 Å². The van der Waals surface area contributed by atoms with Crippen LogP contribution in [0.1, 0.15) is 103 Å². The Hall–Kier alpha value is -1.18. The fraction of sp³-hybridized carbons (Fsp3) is 0.750. The van der Waals surface area contributed by atoms with Gasteiger partial charge in [0, 0.05) is 23.5 Å². The van der Waals surface area contributed by atoms with E-state index in [0.29, 0.717) is 12.1 Å². The Morgan fingerprint density at radius 1 is 0.500 bits per heavy atom. The van der Waals surface area contributed by atoms with Gasteiger partial charge in [-0.05, 0) is 75.6 Å². The van der Waals surface area contributed by atoms with E-state index in [4.69, 9.17) is 0 Å².